The van der Waals surface area contributed by atoms with Crippen molar-refractivity contribution in [1.82, 2.24) is 4.98 Å². The number of aromatic nitrogens is 1. The molecule has 17 heavy (non-hydrogen) atoms. The smallest absolute Gasteiger partial charge is 0.0962 e. The number of fused-ring (bicyclic) bond motifs is 1. The number of nitrogens with zero attached hydrogens (tertiary/aromatic N) is 1. The lowest BCUT2D eigenvalue weighted by atomic mass is 9.83. The molecule has 1 aromatic rings. The van der Waals surface area contributed by atoms with E-state index in [1.165, 1.54) is 54.1 Å². The Hall–Kier alpha value is -0.410. The van der Waals surface area contributed by atoms with E-state index < -0.39 is 0 Å². The van der Waals surface area contributed by atoms with E-state index in [9.17, 15) is 0 Å². The molecule has 1 heterocycles. The first kappa shape index (κ1) is 11.7. The van der Waals surface area contributed by atoms with Crippen LogP contribution < -0.4 is 5.73 Å². The molecule has 3 rings (SSSR count). The molecule has 2 aliphatic rings. The molecule has 2 N–H and O–H groups in total. The molecule has 94 valence electrons. The number of hydrogen-bond acceptors (Lipinski definition) is 3. The summed E-state index contributed by atoms with van der Waals surface area (Å²) in [5.41, 5.74) is 7.39. The summed E-state index contributed by atoms with van der Waals surface area (Å²) in [7, 11) is 0. The average molecular weight is 250 g/mol. The monoisotopic (exact) mass is 250 g/mol. The maximum Gasteiger partial charge on any atom is 0.0962 e. The fourth-order valence-corrected chi connectivity index (χ4v) is 4.50. The average Bonchev–Trinajstić information content (AvgIpc) is 2.75. The first-order chi connectivity index (χ1) is 8.24. The highest BCUT2D eigenvalue weighted by atomic mass is 32.1. The summed E-state index contributed by atoms with van der Waals surface area (Å²) >= 11 is 1.96. The van der Waals surface area contributed by atoms with E-state index in [2.05, 4.69) is 6.92 Å². The Kier molecular flexibility index (Phi) is 3.22. The highest BCUT2D eigenvalue weighted by Crippen LogP contribution is 2.40. The fourth-order valence-electron chi connectivity index (χ4n) is 3.15. The molecule has 0 spiro atoms. The van der Waals surface area contributed by atoms with Crippen LogP contribution in [0.15, 0.2) is 0 Å². The predicted octanol–water partition coefficient (Wildman–Crippen LogP) is 3.77. The molecule has 0 aromatic carbocycles. The molecule has 1 saturated carbocycles. The van der Waals surface area contributed by atoms with Gasteiger partial charge in [0.1, 0.15) is 0 Å². The van der Waals surface area contributed by atoms with E-state index in [0.29, 0.717) is 0 Å². The number of nitrogens with two attached hydrogens (primary N) is 1. The van der Waals surface area contributed by atoms with Crippen molar-refractivity contribution in [2.24, 2.45) is 11.7 Å². The van der Waals surface area contributed by atoms with Crippen molar-refractivity contribution >= 4 is 11.3 Å². The van der Waals surface area contributed by atoms with Crippen LogP contribution in [0.3, 0.4) is 0 Å². The molecule has 3 heteroatoms. The van der Waals surface area contributed by atoms with Crippen LogP contribution >= 0.6 is 11.3 Å². The van der Waals surface area contributed by atoms with E-state index >= 15 is 0 Å². The second kappa shape index (κ2) is 4.69. The summed E-state index contributed by atoms with van der Waals surface area (Å²) in [6.45, 7) is 2.37. The first-order valence-corrected chi connectivity index (χ1v) is 7.80. The fraction of sp³-hybridized carbons (Fsp3) is 0.786. The molecule has 0 aliphatic heterocycles. The van der Waals surface area contributed by atoms with E-state index in [1.54, 1.807) is 0 Å². The molecule has 0 amide bonds. The van der Waals surface area contributed by atoms with Crippen LogP contribution in [0, 0.1) is 5.92 Å². The Morgan fingerprint density at radius 2 is 1.94 bits per heavy atom. The quantitative estimate of drug-likeness (QED) is 0.824. The summed E-state index contributed by atoms with van der Waals surface area (Å²) < 4.78 is 0. The molecule has 0 saturated heterocycles. The second-order valence-corrected chi connectivity index (χ2v) is 6.93. The molecule has 2 nitrogen and oxygen atoms in total. The minimum absolute atomic E-state index is 0.214. The van der Waals surface area contributed by atoms with Crippen LogP contribution in [0.1, 0.15) is 73.0 Å². The summed E-state index contributed by atoms with van der Waals surface area (Å²) in [6, 6.07) is 0.214. The van der Waals surface area contributed by atoms with Crippen molar-refractivity contribution in [2.75, 3.05) is 0 Å². The van der Waals surface area contributed by atoms with Gasteiger partial charge in [0.25, 0.3) is 0 Å². The summed E-state index contributed by atoms with van der Waals surface area (Å²) in [6.07, 6.45) is 9.01. The Morgan fingerprint density at radius 3 is 2.65 bits per heavy atom. The van der Waals surface area contributed by atoms with Gasteiger partial charge in [-0.15, -0.1) is 11.3 Å². The SMILES string of the molecule is CC1CCC(c2nc3c(s2)CCCC3N)CC1. The molecule has 1 atom stereocenters. The molecule has 0 bridgehead atoms. The standard InChI is InChI=1S/C14H22N2S/c1-9-5-7-10(8-6-9)14-16-13-11(15)3-2-4-12(13)17-14/h9-11H,2-8,15H2,1H3. The second-order valence-electron chi connectivity index (χ2n) is 5.82. The molecule has 1 aromatic heterocycles. The van der Waals surface area contributed by atoms with Gasteiger partial charge in [-0.25, -0.2) is 4.98 Å². The first-order valence-electron chi connectivity index (χ1n) is 6.99. The Balaban J connectivity index is 1.80. The van der Waals surface area contributed by atoms with Crippen molar-refractivity contribution in [2.45, 2.75) is 63.8 Å². The highest BCUT2D eigenvalue weighted by Gasteiger charge is 2.27. The van der Waals surface area contributed by atoms with Crippen LogP contribution in [-0.4, -0.2) is 4.98 Å². The van der Waals surface area contributed by atoms with Gasteiger partial charge in [0, 0.05) is 16.8 Å². The largest absolute Gasteiger partial charge is 0.323 e. The van der Waals surface area contributed by atoms with Crippen LogP contribution in [0.4, 0.5) is 0 Å². The van der Waals surface area contributed by atoms with Crippen molar-refractivity contribution in [3.8, 4) is 0 Å². The van der Waals surface area contributed by atoms with Gasteiger partial charge in [0.15, 0.2) is 0 Å². The maximum atomic E-state index is 6.16. The Labute approximate surface area is 108 Å². The maximum absolute atomic E-state index is 6.16. The van der Waals surface area contributed by atoms with E-state index in [-0.39, 0.29) is 6.04 Å². The summed E-state index contributed by atoms with van der Waals surface area (Å²) in [5.74, 6) is 1.65. The topological polar surface area (TPSA) is 38.9 Å². The van der Waals surface area contributed by atoms with Gasteiger partial charge in [-0.2, -0.15) is 0 Å². The van der Waals surface area contributed by atoms with Gasteiger partial charge in [-0.05, 0) is 38.0 Å². The zero-order chi connectivity index (χ0) is 11.8. The highest BCUT2D eigenvalue weighted by molar-refractivity contribution is 7.11. The lowest BCUT2D eigenvalue weighted by Crippen LogP contribution is -2.17. The molecule has 1 unspecified atom stereocenters. The van der Waals surface area contributed by atoms with Crippen molar-refractivity contribution in [3.63, 3.8) is 0 Å². The van der Waals surface area contributed by atoms with Crippen molar-refractivity contribution < 1.29 is 0 Å². The van der Waals surface area contributed by atoms with Crippen LogP contribution in [0.2, 0.25) is 0 Å². The normalized spacial score (nSPS) is 33.4. The Morgan fingerprint density at radius 1 is 1.18 bits per heavy atom. The zero-order valence-corrected chi connectivity index (χ0v) is 11.4. The number of aryl methyl sites for hydroxylation is 1. The van der Waals surface area contributed by atoms with Gasteiger partial charge < -0.3 is 5.73 Å². The van der Waals surface area contributed by atoms with Crippen molar-refractivity contribution in [3.05, 3.63) is 15.6 Å². The molecule has 1 fully saturated rings. The Bertz CT molecular complexity index is 391. The summed E-state index contributed by atoms with van der Waals surface area (Å²) in [5, 5.41) is 1.39. The van der Waals surface area contributed by atoms with Crippen molar-refractivity contribution in [1.29, 1.82) is 0 Å². The minimum atomic E-state index is 0.214. The molecular weight excluding hydrogens is 228 g/mol. The third-order valence-corrected chi connectivity index (χ3v) is 5.67. The van der Waals surface area contributed by atoms with Gasteiger partial charge >= 0.3 is 0 Å². The van der Waals surface area contributed by atoms with Gasteiger partial charge in [-0.3, -0.25) is 0 Å². The number of rotatable bonds is 1. The zero-order valence-electron chi connectivity index (χ0n) is 10.6. The van der Waals surface area contributed by atoms with Crippen LogP contribution in [-0.2, 0) is 6.42 Å². The predicted molar refractivity (Wildman–Crippen MR) is 72.4 cm³/mol. The molecule has 0 radical (unpaired) electrons. The van der Waals surface area contributed by atoms with Gasteiger partial charge in [0.2, 0.25) is 0 Å². The van der Waals surface area contributed by atoms with Crippen LogP contribution in [0.25, 0.3) is 0 Å². The lowest BCUT2D eigenvalue weighted by Gasteiger charge is -2.24. The number of hydrogen-bond donors (Lipinski definition) is 1. The third kappa shape index (κ3) is 2.27. The molecule has 2 aliphatic carbocycles. The van der Waals surface area contributed by atoms with E-state index in [1.807, 2.05) is 11.3 Å². The van der Waals surface area contributed by atoms with E-state index in [4.69, 9.17) is 10.7 Å². The number of thiazole rings is 1. The van der Waals surface area contributed by atoms with E-state index in [0.717, 1.165) is 18.3 Å². The van der Waals surface area contributed by atoms with Crippen LogP contribution in [0.5, 0.6) is 0 Å². The minimum Gasteiger partial charge on any atom is -0.323 e. The summed E-state index contributed by atoms with van der Waals surface area (Å²) in [4.78, 5) is 6.36. The van der Waals surface area contributed by atoms with Gasteiger partial charge in [-0.1, -0.05) is 19.8 Å². The molecular formula is C14H22N2S. The third-order valence-electron chi connectivity index (χ3n) is 4.38. The lowest BCUT2D eigenvalue weighted by molar-refractivity contribution is 0.347. The van der Waals surface area contributed by atoms with Gasteiger partial charge in [0.05, 0.1) is 10.7 Å².